The van der Waals surface area contributed by atoms with Crippen LogP contribution in [0.15, 0.2) is 47.3 Å². The van der Waals surface area contributed by atoms with E-state index >= 15 is 0 Å². The predicted octanol–water partition coefficient (Wildman–Crippen LogP) is 3.12. The Morgan fingerprint density at radius 3 is 3.17 bits per heavy atom. The number of furan rings is 1. The van der Waals surface area contributed by atoms with E-state index in [-0.39, 0.29) is 11.5 Å². The molecule has 2 saturated heterocycles. The lowest BCUT2D eigenvalue weighted by Gasteiger charge is -2.50. The molecule has 0 unspecified atom stereocenters. The monoisotopic (exact) mass is 328 g/mol. The molecule has 2 aliphatic rings. The first-order valence-corrected chi connectivity index (χ1v) is 8.73. The number of fused-ring (bicyclic) bond motifs is 1. The molecular weight excluding hydrogens is 304 g/mol. The van der Waals surface area contributed by atoms with Crippen molar-refractivity contribution in [1.29, 1.82) is 0 Å². The molecule has 2 fully saturated rings. The number of pyridine rings is 1. The van der Waals surface area contributed by atoms with Gasteiger partial charge >= 0.3 is 0 Å². The van der Waals surface area contributed by atoms with Crippen LogP contribution in [0.4, 0.5) is 0 Å². The van der Waals surface area contributed by atoms with Gasteiger partial charge in [-0.25, -0.2) is 0 Å². The van der Waals surface area contributed by atoms with Gasteiger partial charge in [0, 0.05) is 31.3 Å². The molecule has 128 valence electrons. The summed E-state index contributed by atoms with van der Waals surface area (Å²) in [5.41, 5.74) is 0.0545. The van der Waals surface area contributed by atoms with Crippen LogP contribution in [0.5, 0.6) is 5.75 Å². The molecule has 2 aromatic heterocycles. The van der Waals surface area contributed by atoms with Gasteiger partial charge in [0.1, 0.15) is 11.5 Å². The minimum Gasteiger partial charge on any atom is -0.491 e. The van der Waals surface area contributed by atoms with Gasteiger partial charge < -0.3 is 13.9 Å². The van der Waals surface area contributed by atoms with Crippen molar-refractivity contribution in [3.8, 4) is 5.75 Å². The van der Waals surface area contributed by atoms with Crippen molar-refractivity contribution in [1.82, 2.24) is 9.88 Å². The first-order valence-electron chi connectivity index (χ1n) is 8.73. The Morgan fingerprint density at radius 1 is 1.33 bits per heavy atom. The number of nitrogens with zero attached hydrogens (tertiary/aromatic N) is 2. The molecule has 4 rings (SSSR count). The molecule has 0 radical (unpaired) electrons. The van der Waals surface area contributed by atoms with E-state index in [4.69, 9.17) is 13.9 Å². The highest BCUT2D eigenvalue weighted by molar-refractivity contribution is 5.16. The molecule has 0 aliphatic carbocycles. The van der Waals surface area contributed by atoms with E-state index in [0.29, 0.717) is 6.61 Å². The number of likely N-dealkylation sites (tertiary alicyclic amines) is 1. The summed E-state index contributed by atoms with van der Waals surface area (Å²) >= 11 is 0. The summed E-state index contributed by atoms with van der Waals surface area (Å²) < 4.78 is 17.7. The Balaban J connectivity index is 1.47. The van der Waals surface area contributed by atoms with Crippen molar-refractivity contribution in [3.63, 3.8) is 0 Å². The number of ether oxygens (including phenoxy) is 2. The summed E-state index contributed by atoms with van der Waals surface area (Å²) in [6, 6.07) is 7.87. The smallest absolute Gasteiger partial charge is 0.137 e. The lowest BCUT2D eigenvalue weighted by molar-refractivity contribution is -0.141. The average molecular weight is 328 g/mol. The summed E-state index contributed by atoms with van der Waals surface area (Å²) in [4.78, 5) is 6.60. The number of aromatic nitrogens is 1. The Hall–Kier alpha value is -1.85. The second-order valence-electron chi connectivity index (χ2n) is 6.88. The highest BCUT2D eigenvalue weighted by Crippen LogP contribution is 2.41. The van der Waals surface area contributed by atoms with Crippen LogP contribution in [0.2, 0.25) is 0 Å². The number of hydrogen-bond donors (Lipinski definition) is 0. The Morgan fingerprint density at radius 2 is 2.33 bits per heavy atom. The Bertz CT molecular complexity index is 631. The van der Waals surface area contributed by atoms with Crippen LogP contribution >= 0.6 is 0 Å². The minimum absolute atomic E-state index is 0.0545. The van der Waals surface area contributed by atoms with Gasteiger partial charge in [0.25, 0.3) is 0 Å². The van der Waals surface area contributed by atoms with Crippen molar-refractivity contribution in [2.45, 2.75) is 31.9 Å². The Kier molecular flexibility index (Phi) is 4.54. The zero-order valence-corrected chi connectivity index (χ0v) is 13.9. The molecule has 0 spiro atoms. The molecule has 2 aromatic rings. The molecule has 5 heteroatoms. The zero-order chi connectivity index (χ0) is 16.2. The summed E-state index contributed by atoms with van der Waals surface area (Å²) in [6.07, 6.45) is 8.87. The third kappa shape index (κ3) is 3.32. The van der Waals surface area contributed by atoms with Crippen LogP contribution in [0.1, 0.15) is 25.0 Å². The molecule has 4 heterocycles. The van der Waals surface area contributed by atoms with Gasteiger partial charge in [0.2, 0.25) is 0 Å². The second kappa shape index (κ2) is 6.95. The van der Waals surface area contributed by atoms with Gasteiger partial charge in [-0.1, -0.05) is 0 Å². The Labute approximate surface area is 142 Å². The standard InChI is InChI=1S/C19H24N2O3/c1-4-16(12-20-8-1)24-15-19-7-3-11-23-18(19)6-9-21(14-19)13-17-5-2-10-22-17/h1-2,4-5,8,10,12,18H,3,6-7,9,11,13-15H2/t18-,19+/m1/s1. The van der Waals surface area contributed by atoms with E-state index in [9.17, 15) is 0 Å². The maximum absolute atomic E-state index is 6.11. The molecule has 0 amide bonds. The molecule has 24 heavy (non-hydrogen) atoms. The zero-order valence-electron chi connectivity index (χ0n) is 13.9. The van der Waals surface area contributed by atoms with Gasteiger partial charge in [0.05, 0.1) is 31.7 Å². The average Bonchev–Trinajstić information content (AvgIpc) is 3.14. The third-order valence-electron chi connectivity index (χ3n) is 5.19. The molecule has 0 bridgehead atoms. The van der Waals surface area contributed by atoms with E-state index in [1.165, 1.54) is 0 Å². The SMILES string of the molecule is c1cncc(OC[C@@]23CCCO[C@@H]2CCN(Cc2ccco2)C3)c1. The summed E-state index contributed by atoms with van der Waals surface area (Å²) in [7, 11) is 0. The highest BCUT2D eigenvalue weighted by Gasteiger charge is 2.46. The van der Waals surface area contributed by atoms with Crippen LogP contribution < -0.4 is 4.74 Å². The molecule has 0 N–H and O–H groups in total. The first kappa shape index (κ1) is 15.7. The largest absolute Gasteiger partial charge is 0.491 e. The van der Waals surface area contributed by atoms with Crippen molar-refractivity contribution in [2.75, 3.05) is 26.3 Å². The first-order chi connectivity index (χ1) is 11.8. The van der Waals surface area contributed by atoms with Gasteiger partial charge in [-0.2, -0.15) is 0 Å². The summed E-state index contributed by atoms with van der Waals surface area (Å²) in [6.45, 7) is 4.43. The van der Waals surface area contributed by atoms with Gasteiger partial charge in [-0.3, -0.25) is 9.88 Å². The van der Waals surface area contributed by atoms with E-state index in [1.54, 1.807) is 18.7 Å². The fourth-order valence-corrected chi connectivity index (χ4v) is 4.01. The van der Waals surface area contributed by atoms with Crippen molar-refractivity contribution in [2.24, 2.45) is 5.41 Å². The number of rotatable bonds is 5. The van der Waals surface area contributed by atoms with Crippen LogP contribution in [0, 0.1) is 5.41 Å². The fraction of sp³-hybridized carbons (Fsp3) is 0.526. The lowest BCUT2D eigenvalue weighted by Crippen LogP contribution is -2.57. The van der Waals surface area contributed by atoms with Gasteiger partial charge in [0.15, 0.2) is 0 Å². The maximum atomic E-state index is 6.11. The van der Waals surface area contributed by atoms with Crippen molar-refractivity contribution < 1.29 is 13.9 Å². The predicted molar refractivity (Wildman–Crippen MR) is 89.7 cm³/mol. The second-order valence-corrected chi connectivity index (χ2v) is 6.88. The maximum Gasteiger partial charge on any atom is 0.137 e. The molecule has 0 saturated carbocycles. The van der Waals surface area contributed by atoms with Crippen LogP contribution in [0.3, 0.4) is 0 Å². The summed E-state index contributed by atoms with van der Waals surface area (Å²) in [5.74, 6) is 1.85. The van der Waals surface area contributed by atoms with E-state index < -0.39 is 0 Å². The van der Waals surface area contributed by atoms with E-state index in [1.807, 2.05) is 24.3 Å². The summed E-state index contributed by atoms with van der Waals surface area (Å²) in [5, 5.41) is 0. The normalized spacial score (nSPS) is 27.6. The number of hydrogen-bond acceptors (Lipinski definition) is 5. The molecule has 5 nitrogen and oxygen atoms in total. The van der Waals surface area contributed by atoms with Crippen molar-refractivity contribution in [3.05, 3.63) is 48.7 Å². The van der Waals surface area contributed by atoms with Crippen LogP contribution in [0.25, 0.3) is 0 Å². The molecule has 0 aromatic carbocycles. The quantitative estimate of drug-likeness (QED) is 0.844. The van der Waals surface area contributed by atoms with Gasteiger partial charge in [-0.05, 0) is 43.5 Å². The van der Waals surface area contributed by atoms with Crippen molar-refractivity contribution >= 4 is 0 Å². The van der Waals surface area contributed by atoms with E-state index in [0.717, 1.165) is 57.0 Å². The third-order valence-corrected chi connectivity index (χ3v) is 5.19. The fourth-order valence-electron chi connectivity index (χ4n) is 4.01. The highest BCUT2D eigenvalue weighted by atomic mass is 16.5. The molecular formula is C19H24N2O3. The van der Waals surface area contributed by atoms with Gasteiger partial charge in [-0.15, -0.1) is 0 Å². The topological polar surface area (TPSA) is 47.7 Å². The molecule has 2 atom stereocenters. The number of piperidine rings is 1. The van der Waals surface area contributed by atoms with E-state index in [2.05, 4.69) is 9.88 Å². The van der Waals surface area contributed by atoms with Crippen LogP contribution in [-0.2, 0) is 11.3 Å². The van der Waals surface area contributed by atoms with Crippen LogP contribution in [-0.4, -0.2) is 42.3 Å². The minimum atomic E-state index is 0.0545. The molecule has 2 aliphatic heterocycles. The lowest BCUT2D eigenvalue weighted by atomic mass is 9.73.